The average molecular weight is 285 g/mol. The van der Waals surface area contributed by atoms with Gasteiger partial charge in [-0.1, -0.05) is 31.5 Å². The van der Waals surface area contributed by atoms with E-state index in [0.717, 1.165) is 36.5 Å². The third-order valence-corrected chi connectivity index (χ3v) is 6.03. The van der Waals surface area contributed by atoms with Gasteiger partial charge in [-0.3, -0.25) is 0 Å². The van der Waals surface area contributed by atoms with Gasteiger partial charge in [0.05, 0.1) is 0 Å². The fourth-order valence-corrected chi connectivity index (χ4v) is 5.05. The summed E-state index contributed by atoms with van der Waals surface area (Å²) in [6, 6.07) is 9.07. The van der Waals surface area contributed by atoms with Gasteiger partial charge >= 0.3 is 0 Å². The Balaban J connectivity index is 1.43. The molecule has 0 aromatic heterocycles. The molecule has 1 aliphatic heterocycles. The summed E-state index contributed by atoms with van der Waals surface area (Å²) in [7, 11) is 0. The van der Waals surface area contributed by atoms with Crippen molar-refractivity contribution in [2.75, 3.05) is 6.54 Å². The third kappa shape index (κ3) is 2.59. The smallest absolute Gasteiger partial charge is 0.123 e. The van der Waals surface area contributed by atoms with E-state index in [0.29, 0.717) is 12.1 Å². The lowest BCUT2D eigenvalue weighted by Gasteiger charge is -2.30. The first kappa shape index (κ1) is 13.6. The van der Waals surface area contributed by atoms with Crippen LogP contribution in [0.1, 0.15) is 44.6 Å². The van der Waals surface area contributed by atoms with Gasteiger partial charge in [-0.15, -0.1) is 0 Å². The van der Waals surface area contributed by atoms with Gasteiger partial charge in [0.1, 0.15) is 11.9 Å². The van der Waals surface area contributed by atoms with Crippen molar-refractivity contribution in [3.8, 4) is 5.75 Å². The van der Waals surface area contributed by atoms with Gasteiger partial charge in [0.25, 0.3) is 0 Å². The zero-order valence-electron chi connectivity index (χ0n) is 13.1. The van der Waals surface area contributed by atoms with Crippen LogP contribution in [0, 0.1) is 17.8 Å². The molecule has 2 nitrogen and oxygen atoms in total. The molecule has 2 aliphatic carbocycles. The zero-order valence-corrected chi connectivity index (χ0v) is 13.1. The Labute approximate surface area is 128 Å². The molecule has 1 heterocycles. The van der Waals surface area contributed by atoms with Crippen LogP contribution in [0.15, 0.2) is 24.3 Å². The standard InChI is InChI=1S/C19H27NO/c1-2-20-17(11-16-10-13-7-8-14(16)9-13)19-12-15-5-3-4-6-18(15)21-19/h3-6,13-14,16-17,19-20H,2,7-12H2,1H3. The van der Waals surface area contributed by atoms with Crippen LogP contribution in [0.4, 0.5) is 0 Å². The predicted octanol–water partition coefficient (Wildman–Crippen LogP) is 3.79. The second-order valence-corrected chi connectivity index (χ2v) is 7.30. The van der Waals surface area contributed by atoms with Crippen molar-refractivity contribution in [3.05, 3.63) is 29.8 Å². The zero-order chi connectivity index (χ0) is 14.2. The summed E-state index contributed by atoms with van der Waals surface area (Å²) in [5.41, 5.74) is 1.39. The van der Waals surface area contributed by atoms with Crippen molar-refractivity contribution in [1.29, 1.82) is 0 Å². The van der Waals surface area contributed by atoms with E-state index in [1.54, 1.807) is 0 Å². The van der Waals surface area contributed by atoms with Crippen molar-refractivity contribution >= 4 is 0 Å². The molecule has 21 heavy (non-hydrogen) atoms. The normalized spacial score (nSPS) is 34.7. The van der Waals surface area contributed by atoms with E-state index in [9.17, 15) is 0 Å². The van der Waals surface area contributed by atoms with Gasteiger partial charge in [-0.05, 0) is 61.6 Å². The van der Waals surface area contributed by atoms with Crippen LogP contribution in [-0.4, -0.2) is 18.7 Å². The van der Waals surface area contributed by atoms with Crippen LogP contribution < -0.4 is 10.1 Å². The fraction of sp³-hybridized carbons (Fsp3) is 0.684. The lowest BCUT2D eigenvalue weighted by atomic mass is 9.82. The summed E-state index contributed by atoms with van der Waals surface area (Å²) < 4.78 is 6.25. The van der Waals surface area contributed by atoms with Crippen molar-refractivity contribution in [2.45, 2.75) is 57.6 Å². The Morgan fingerprint density at radius 1 is 1.24 bits per heavy atom. The van der Waals surface area contributed by atoms with Crippen molar-refractivity contribution in [1.82, 2.24) is 5.32 Å². The molecule has 2 fully saturated rings. The Morgan fingerprint density at radius 2 is 2.14 bits per heavy atom. The van der Waals surface area contributed by atoms with Crippen LogP contribution in [0.3, 0.4) is 0 Å². The molecule has 4 rings (SSSR count). The Kier molecular flexibility index (Phi) is 3.66. The topological polar surface area (TPSA) is 21.3 Å². The van der Waals surface area contributed by atoms with Crippen molar-refractivity contribution < 1.29 is 4.74 Å². The Hall–Kier alpha value is -1.02. The van der Waals surface area contributed by atoms with E-state index >= 15 is 0 Å². The largest absolute Gasteiger partial charge is 0.488 e. The summed E-state index contributed by atoms with van der Waals surface area (Å²) in [4.78, 5) is 0. The highest BCUT2D eigenvalue weighted by Gasteiger charge is 2.41. The summed E-state index contributed by atoms with van der Waals surface area (Å²) in [6.07, 6.45) is 8.70. The molecular formula is C19H27NO. The molecule has 1 aromatic carbocycles. The predicted molar refractivity (Wildman–Crippen MR) is 85.6 cm³/mol. The molecule has 0 saturated heterocycles. The summed E-state index contributed by atoms with van der Waals surface area (Å²) in [5.74, 6) is 4.11. The average Bonchev–Trinajstić information content (AvgIpc) is 3.21. The lowest BCUT2D eigenvalue weighted by molar-refractivity contribution is 0.148. The van der Waals surface area contributed by atoms with Crippen molar-refractivity contribution in [2.24, 2.45) is 17.8 Å². The van der Waals surface area contributed by atoms with Gasteiger partial charge < -0.3 is 10.1 Å². The van der Waals surface area contributed by atoms with E-state index in [-0.39, 0.29) is 0 Å². The maximum absolute atomic E-state index is 6.25. The van der Waals surface area contributed by atoms with Gasteiger partial charge in [0, 0.05) is 12.5 Å². The van der Waals surface area contributed by atoms with E-state index < -0.39 is 0 Å². The molecule has 5 unspecified atom stereocenters. The number of hydrogen-bond acceptors (Lipinski definition) is 2. The quantitative estimate of drug-likeness (QED) is 0.888. The van der Waals surface area contributed by atoms with Crippen LogP contribution in [0.5, 0.6) is 5.75 Å². The van der Waals surface area contributed by atoms with E-state index in [2.05, 4.69) is 36.5 Å². The Morgan fingerprint density at radius 3 is 2.86 bits per heavy atom. The number of ether oxygens (including phenoxy) is 1. The highest BCUT2D eigenvalue weighted by molar-refractivity contribution is 5.37. The number of fused-ring (bicyclic) bond motifs is 3. The maximum Gasteiger partial charge on any atom is 0.123 e. The number of nitrogens with one attached hydrogen (secondary N) is 1. The molecule has 0 spiro atoms. The second kappa shape index (κ2) is 5.64. The SMILES string of the molecule is CCNC(CC1CC2CCC1C2)C1Cc2ccccc2O1. The van der Waals surface area contributed by atoms with E-state index in [1.807, 2.05) is 0 Å². The van der Waals surface area contributed by atoms with E-state index in [4.69, 9.17) is 4.74 Å². The summed E-state index contributed by atoms with van der Waals surface area (Å²) in [6.45, 7) is 3.26. The number of rotatable bonds is 5. The van der Waals surface area contributed by atoms with Gasteiger partial charge in [0.15, 0.2) is 0 Å². The molecule has 0 amide bonds. The number of likely N-dealkylation sites (N-methyl/N-ethyl adjacent to an activating group) is 1. The summed E-state index contributed by atoms with van der Waals surface area (Å²) in [5, 5.41) is 3.72. The molecule has 0 radical (unpaired) electrons. The first-order valence-electron chi connectivity index (χ1n) is 8.81. The molecular weight excluding hydrogens is 258 g/mol. The number of hydrogen-bond donors (Lipinski definition) is 1. The molecule has 5 atom stereocenters. The molecule has 114 valence electrons. The lowest BCUT2D eigenvalue weighted by Crippen LogP contribution is -2.44. The minimum Gasteiger partial charge on any atom is -0.488 e. The van der Waals surface area contributed by atoms with Crippen LogP contribution >= 0.6 is 0 Å². The van der Waals surface area contributed by atoms with Crippen LogP contribution in [0.25, 0.3) is 0 Å². The fourth-order valence-electron chi connectivity index (χ4n) is 5.05. The minimum atomic E-state index is 0.335. The second-order valence-electron chi connectivity index (χ2n) is 7.30. The highest BCUT2D eigenvalue weighted by Crippen LogP contribution is 2.50. The number of benzene rings is 1. The van der Waals surface area contributed by atoms with E-state index in [1.165, 1.54) is 37.7 Å². The third-order valence-electron chi connectivity index (χ3n) is 6.03. The maximum atomic E-state index is 6.25. The molecule has 1 N–H and O–H groups in total. The molecule has 2 bridgehead atoms. The van der Waals surface area contributed by atoms with Crippen LogP contribution in [0.2, 0.25) is 0 Å². The number of para-hydroxylation sites is 1. The summed E-state index contributed by atoms with van der Waals surface area (Å²) >= 11 is 0. The first-order valence-corrected chi connectivity index (χ1v) is 8.81. The van der Waals surface area contributed by atoms with Gasteiger partial charge in [0.2, 0.25) is 0 Å². The molecule has 2 heteroatoms. The monoisotopic (exact) mass is 285 g/mol. The van der Waals surface area contributed by atoms with Crippen LogP contribution in [-0.2, 0) is 6.42 Å². The molecule has 2 saturated carbocycles. The minimum absolute atomic E-state index is 0.335. The molecule has 3 aliphatic rings. The molecule has 1 aromatic rings. The van der Waals surface area contributed by atoms with Gasteiger partial charge in [-0.2, -0.15) is 0 Å². The first-order chi connectivity index (χ1) is 10.3. The van der Waals surface area contributed by atoms with Gasteiger partial charge in [-0.25, -0.2) is 0 Å². The van der Waals surface area contributed by atoms with Crippen molar-refractivity contribution in [3.63, 3.8) is 0 Å². The highest BCUT2D eigenvalue weighted by atomic mass is 16.5. The Bertz CT molecular complexity index is 475.